The van der Waals surface area contributed by atoms with Crippen LogP contribution >= 0.6 is 11.8 Å². The highest BCUT2D eigenvalue weighted by molar-refractivity contribution is 7.99. The summed E-state index contributed by atoms with van der Waals surface area (Å²) in [5.41, 5.74) is -0.658. The molecule has 88 valence electrons. The highest BCUT2D eigenvalue weighted by Crippen LogP contribution is 2.32. The van der Waals surface area contributed by atoms with E-state index in [1.165, 1.54) is 0 Å². The second-order valence-corrected chi connectivity index (χ2v) is 4.42. The second-order valence-electron chi connectivity index (χ2n) is 3.36. The van der Waals surface area contributed by atoms with Gasteiger partial charge >= 0.3 is 0 Å². The van der Waals surface area contributed by atoms with Crippen molar-refractivity contribution in [3.05, 3.63) is 18.5 Å². The van der Waals surface area contributed by atoms with Gasteiger partial charge in [-0.05, 0) is 6.07 Å². The standard InChI is InChI=1S/C9H12N2O4S/c12-4-5-6(13)7(14)8(15-5)16-9-10-2-1-3-11-9/h1-3,5-8,12-14H,4H2/t5-,6-,7+,8-/m0/s1. The fourth-order valence-electron chi connectivity index (χ4n) is 1.41. The molecular formula is C9H12N2O4S. The summed E-state index contributed by atoms with van der Waals surface area (Å²) in [6.07, 6.45) is 0.279. The van der Waals surface area contributed by atoms with E-state index >= 15 is 0 Å². The van der Waals surface area contributed by atoms with Gasteiger partial charge in [0, 0.05) is 12.4 Å². The molecule has 7 heteroatoms. The third kappa shape index (κ3) is 2.33. The summed E-state index contributed by atoms with van der Waals surface area (Å²) >= 11 is 1.12. The second kappa shape index (κ2) is 5.07. The van der Waals surface area contributed by atoms with E-state index in [9.17, 15) is 10.2 Å². The zero-order valence-corrected chi connectivity index (χ0v) is 9.12. The van der Waals surface area contributed by atoms with Crippen LogP contribution in [0.25, 0.3) is 0 Å². The van der Waals surface area contributed by atoms with Gasteiger partial charge in [0.15, 0.2) is 5.16 Å². The Morgan fingerprint density at radius 1 is 1.25 bits per heavy atom. The van der Waals surface area contributed by atoms with Gasteiger partial charge < -0.3 is 20.1 Å². The number of aliphatic hydroxyl groups is 3. The van der Waals surface area contributed by atoms with Crippen LogP contribution in [-0.4, -0.2) is 55.6 Å². The Morgan fingerprint density at radius 3 is 2.50 bits per heavy atom. The number of ether oxygens (including phenoxy) is 1. The summed E-state index contributed by atoms with van der Waals surface area (Å²) in [7, 11) is 0. The number of rotatable bonds is 3. The molecule has 1 fully saturated rings. The highest BCUT2D eigenvalue weighted by Gasteiger charge is 2.43. The van der Waals surface area contributed by atoms with Crippen molar-refractivity contribution in [2.75, 3.05) is 6.61 Å². The predicted octanol–water partition coefficient (Wildman–Crippen LogP) is -0.992. The molecular weight excluding hydrogens is 232 g/mol. The van der Waals surface area contributed by atoms with Crippen molar-refractivity contribution < 1.29 is 20.1 Å². The fourth-order valence-corrected chi connectivity index (χ4v) is 2.36. The van der Waals surface area contributed by atoms with E-state index in [4.69, 9.17) is 9.84 Å². The van der Waals surface area contributed by atoms with E-state index in [0.717, 1.165) is 11.8 Å². The Morgan fingerprint density at radius 2 is 1.94 bits per heavy atom. The molecule has 6 nitrogen and oxygen atoms in total. The summed E-state index contributed by atoms with van der Waals surface area (Å²) in [4.78, 5) is 7.94. The monoisotopic (exact) mass is 244 g/mol. The third-order valence-electron chi connectivity index (χ3n) is 2.26. The van der Waals surface area contributed by atoms with Crippen LogP contribution in [0.2, 0.25) is 0 Å². The van der Waals surface area contributed by atoms with Gasteiger partial charge in [0.1, 0.15) is 23.7 Å². The molecule has 2 heterocycles. The number of hydrogen-bond donors (Lipinski definition) is 3. The quantitative estimate of drug-likeness (QED) is 0.587. The van der Waals surface area contributed by atoms with Crippen LogP contribution in [0.15, 0.2) is 23.6 Å². The van der Waals surface area contributed by atoms with Crippen LogP contribution in [0.3, 0.4) is 0 Å². The lowest BCUT2D eigenvalue weighted by Crippen LogP contribution is -2.33. The minimum Gasteiger partial charge on any atom is -0.394 e. The van der Waals surface area contributed by atoms with Crippen LogP contribution < -0.4 is 0 Å². The molecule has 0 saturated carbocycles. The summed E-state index contributed by atoms with van der Waals surface area (Å²) in [6, 6.07) is 1.68. The Labute approximate surface area is 96.3 Å². The number of aliphatic hydroxyl groups excluding tert-OH is 3. The Balaban J connectivity index is 2.01. The highest BCUT2D eigenvalue weighted by atomic mass is 32.2. The van der Waals surface area contributed by atoms with E-state index in [1.807, 2.05) is 0 Å². The van der Waals surface area contributed by atoms with Crippen molar-refractivity contribution in [1.82, 2.24) is 9.97 Å². The normalized spacial score (nSPS) is 34.2. The van der Waals surface area contributed by atoms with Gasteiger partial charge in [0.05, 0.1) is 6.61 Å². The van der Waals surface area contributed by atoms with Crippen molar-refractivity contribution in [1.29, 1.82) is 0 Å². The first-order valence-corrected chi connectivity index (χ1v) is 5.66. The van der Waals surface area contributed by atoms with Crippen molar-refractivity contribution in [3.63, 3.8) is 0 Å². The van der Waals surface area contributed by atoms with E-state index in [0.29, 0.717) is 5.16 Å². The number of aromatic nitrogens is 2. The van der Waals surface area contributed by atoms with E-state index in [1.54, 1.807) is 18.5 Å². The van der Waals surface area contributed by atoms with E-state index in [-0.39, 0.29) is 6.61 Å². The molecule has 0 spiro atoms. The molecule has 3 N–H and O–H groups in total. The Bertz CT molecular complexity index is 340. The maximum absolute atomic E-state index is 9.66. The maximum Gasteiger partial charge on any atom is 0.190 e. The molecule has 2 rings (SSSR count). The molecule has 1 aromatic rings. The first kappa shape index (κ1) is 11.7. The van der Waals surface area contributed by atoms with Crippen molar-refractivity contribution >= 4 is 11.8 Å². The van der Waals surface area contributed by atoms with Crippen LogP contribution in [0.5, 0.6) is 0 Å². The van der Waals surface area contributed by atoms with Gasteiger partial charge in [0.25, 0.3) is 0 Å². The molecule has 0 aromatic carbocycles. The number of hydrogen-bond acceptors (Lipinski definition) is 7. The minimum absolute atomic E-state index is 0.328. The molecule has 1 aromatic heterocycles. The maximum atomic E-state index is 9.66. The molecule has 1 aliphatic heterocycles. The summed E-state index contributed by atoms with van der Waals surface area (Å²) in [6.45, 7) is -0.328. The Hall–Kier alpha value is -0.730. The van der Waals surface area contributed by atoms with Gasteiger partial charge in [-0.3, -0.25) is 0 Å². The fraction of sp³-hybridized carbons (Fsp3) is 0.556. The van der Waals surface area contributed by atoms with E-state index in [2.05, 4.69) is 9.97 Å². The molecule has 0 unspecified atom stereocenters. The average Bonchev–Trinajstić information content (AvgIpc) is 2.58. The smallest absolute Gasteiger partial charge is 0.190 e. The Kier molecular flexibility index (Phi) is 3.72. The minimum atomic E-state index is -1.08. The molecule has 1 saturated heterocycles. The van der Waals surface area contributed by atoms with Crippen LogP contribution in [0.4, 0.5) is 0 Å². The zero-order chi connectivity index (χ0) is 11.5. The van der Waals surface area contributed by atoms with Crippen LogP contribution in [0.1, 0.15) is 0 Å². The van der Waals surface area contributed by atoms with Crippen molar-refractivity contribution in [2.24, 2.45) is 0 Å². The largest absolute Gasteiger partial charge is 0.394 e. The lowest BCUT2D eigenvalue weighted by atomic mass is 10.2. The number of thioether (sulfide) groups is 1. The molecule has 0 radical (unpaired) electrons. The number of nitrogens with zero attached hydrogens (tertiary/aromatic N) is 2. The lowest BCUT2D eigenvalue weighted by molar-refractivity contribution is -0.00810. The lowest BCUT2D eigenvalue weighted by Gasteiger charge is -2.12. The van der Waals surface area contributed by atoms with Gasteiger partial charge in [0.2, 0.25) is 0 Å². The molecule has 4 atom stereocenters. The first-order chi connectivity index (χ1) is 7.72. The first-order valence-electron chi connectivity index (χ1n) is 4.78. The van der Waals surface area contributed by atoms with Crippen LogP contribution in [-0.2, 0) is 4.74 Å². The van der Waals surface area contributed by atoms with Gasteiger partial charge in [-0.25, -0.2) is 9.97 Å². The molecule has 0 amide bonds. The van der Waals surface area contributed by atoms with Gasteiger partial charge in [-0.2, -0.15) is 0 Å². The SMILES string of the molecule is OC[C@@H]1O[C@@H](Sc2ncccn2)[C@H](O)[C@H]1O. The van der Waals surface area contributed by atoms with Gasteiger partial charge in [-0.15, -0.1) is 0 Å². The molecule has 0 aliphatic carbocycles. The van der Waals surface area contributed by atoms with Gasteiger partial charge in [-0.1, -0.05) is 11.8 Å². The van der Waals surface area contributed by atoms with E-state index < -0.39 is 23.7 Å². The molecule has 16 heavy (non-hydrogen) atoms. The van der Waals surface area contributed by atoms with Crippen LogP contribution in [0, 0.1) is 0 Å². The predicted molar refractivity (Wildman–Crippen MR) is 55.6 cm³/mol. The summed E-state index contributed by atoms with van der Waals surface area (Å²) in [5.74, 6) is 0. The summed E-state index contributed by atoms with van der Waals surface area (Å²) in [5, 5.41) is 28.5. The third-order valence-corrected chi connectivity index (χ3v) is 3.31. The van der Waals surface area contributed by atoms with Crippen molar-refractivity contribution in [3.8, 4) is 0 Å². The average molecular weight is 244 g/mol. The molecule has 0 bridgehead atoms. The van der Waals surface area contributed by atoms with Crippen molar-refractivity contribution in [2.45, 2.75) is 28.9 Å². The summed E-state index contributed by atoms with van der Waals surface area (Å²) < 4.78 is 5.27. The molecule has 1 aliphatic rings. The zero-order valence-electron chi connectivity index (χ0n) is 8.30. The topological polar surface area (TPSA) is 95.7 Å².